The van der Waals surface area contributed by atoms with E-state index in [0.717, 1.165) is 25.5 Å². The van der Waals surface area contributed by atoms with Crippen LogP contribution in [0.15, 0.2) is 30.7 Å². The van der Waals surface area contributed by atoms with Crippen LogP contribution in [0.2, 0.25) is 0 Å². The maximum absolute atomic E-state index is 12.5. The van der Waals surface area contributed by atoms with Gasteiger partial charge in [-0.3, -0.25) is 14.4 Å². The maximum atomic E-state index is 12.5. The van der Waals surface area contributed by atoms with E-state index in [1.165, 1.54) is 0 Å². The Morgan fingerprint density at radius 2 is 1.96 bits per heavy atom. The number of ether oxygens (including phenoxy) is 1. The highest BCUT2D eigenvalue weighted by Gasteiger charge is 2.22. The zero-order valence-corrected chi connectivity index (χ0v) is 14.5. The molecule has 3 heterocycles. The van der Waals surface area contributed by atoms with E-state index in [2.05, 4.69) is 29.2 Å². The van der Waals surface area contributed by atoms with Gasteiger partial charge in [-0.05, 0) is 26.0 Å². The van der Waals surface area contributed by atoms with E-state index in [1.54, 1.807) is 10.9 Å². The van der Waals surface area contributed by atoms with Crippen LogP contribution in [0.1, 0.15) is 24.2 Å². The molecule has 2 aromatic heterocycles. The van der Waals surface area contributed by atoms with Crippen molar-refractivity contribution in [3.05, 3.63) is 36.3 Å². The van der Waals surface area contributed by atoms with Gasteiger partial charge in [-0.15, -0.1) is 0 Å². The summed E-state index contributed by atoms with van der Waals surface area (Å²) in [4.78, 5) is 14.9. The second-order valence-electron chi connectivity index (χ2n) is 6.37. The summed E-state index contributed by atoms with van der Waals surface area (Å²) in [6, 6.07) is 3.85. The van der Waals surface area contributed by atoms with Crippen molar-refractivity contribution in [3.8, 4) is 5.82 Å². The van der Waals surface area contributed by atoms with Crippen molar-refractivity contribution in [2.45, 2.75) is 26.1 Å². The molecule has 0 spiro atoms. The van der Waals surface area contributed by atoms with Gasteiger partial charge in [-0.1, -0.05) is 0 Å². The van der Waals surface area contributed by atoms with E-state index in [4.69, 9.17) is 4.74 Å². The standard InChI is InChI=1S/C17H25N5O2/c1-13-11-21(12-14(2)24-13)9-6-18-16(23)15-10-19-20(3)17(15)22-7-4-5-8-22/h4-5,7-8,10,13-14H,6,9,11-12H2,1-3H3,(H,18,23)/t13-,14+. The molecule has 0 unspecified atom stereocenters. The molecule has 0 bridgehead atoms. The first-order valence-electron chi connectivity index (χ1n) is 8.36. The van der Waals surface area contributed by atoms with Gasteiger partial charge in [0.2, 0.25) is 0 Å². The number of morpholine rings is 1. The van der Waals surface area contributed by atoms with Crippen molar-refractivity contribution in [1.82, 2.24) is 24.6 Å². The zero-order valence-electron chi connectivity index (χ0n) is 14.5. The predicted octanol–water partition coefficient (Wildman–Crippen LogP) is 1.05. The van der Waals surface area contributed by atoms with Gasteiger partial charge in [0, 0.05) is 45.6 Å². The number of hydrogen-bond donors (Lipinski definition) is 1. The molecule has 0 radical (unpaired) electrons. The summed E-state index contributed by atoms with van der Waals surface area (Å²) < 4.78 is 9.33. The summed E-state index contributed by atoms with van der Waals surface area (Å²) in [6.45, 7) is 7.41. The average molecular weight is 331 g/mol. The number of amides is 1. The average Bonchev–Trinajstić information content (AvgIpc) is 3.15. The van der Waals surface area contributed by atoms with Crippen molar-refractivity contribution in [3.63, 3.8) is 0 Å². The zero-order chi connectivity index (χ0) is 17.1. The number of nitrogens with one attached hydrogen (secondary N) is 1. The molecule has 7 heteroatoms. The molecule has 0 aliphatic carbocycles. The molecule has 7 nitrogen and oxygen atoms in total. The lowest BCUT2D eigenvalue weighted by atomic mass is 10.2. The first-order valence-corrected chi connectivity index (χ1v) is 8.36. The van der Waals surface area contributed by atoms with Crippen molar-refractivity contribution in [1.29, 1.82) is 0 Å². The Bertz CT molecular complexity index is 669. The second-order valence-corrected chi connectivity index (χ2v) is 6.37. The normalized spacial score (nSPS) is 21.8. The van der Waals surface area contributed by atoms with Gasteiger partial charge < -0.3 is 14.6 Å². The summed E-state index contributed by atoms with van der Waals surface area (Å²) >= 11 is 0. The van der Waals surface area contributed by atoms with E-state index in [1.807, 2.05) is 36.1 Å². The van der Waals surface area contributed by atoms with Crippen LogP contribution in [0, 0.1) is 0 Å². The smallest absolute Gasteiger partial charge is 0.256 e. The molecular formula is C17H25N5O2. The summed E-state index contributed by atoms with van der Waals surface area (Å²) in [5.41, 5.74) is 0.581. The summed E-state index contributed by atoms with van der Waals surface area (Å²) in [6.07, 6.45) is 5.91. The Labute approximate surface area is 142 Å². The third-order valence-corrected chi connectivity index (χ3v) is 4.21. The van der Waals surface area contributed by atoms with Crippen LogP contribution < -0.4 is 5.32 Å². The molecule has 1 fully saturated rings. The fraction of sp³-hybridized carbons (Fsp3) is 0.529. The minimum absolute atomic E-state index is 0.0962. The quantitative estimate of drug-likeness (QED) is 0.889. The predicted molar refractivity (Wildman–Crippen MR) is 91.3 cm³/mol. The number of hydrogen-bond acceptors (Lipinski definition) is 4. The first kappa shape index (κ1) is 16.7. The molecule has 24 heavy (non-hydrogen) atoms. The third kappa shape index (κ3) is 3.68. The van der Waals surface area contributed by atoms with Crippen LogP contribution in [0.4, 0.5) is 0 Å². The van der Waals surface area contributed by atoms with E-state index < -0.39 is 0 Å². The SMILES string of the molecule is C[C@@H]1CN(CCNC(=O)c2cnn(C)c2-n2cccc2)C[C@H](C)O1. The van der Waals surface area contributed by atoms with E-state index in [-0.39, 0.29) is 18.1 Å². The Morgan fingerprint density at radius 3 is 2.62 bits per heavy atom. The van der Waals surface area contributed by atoms with E-state index in [9.17, 15) is 4.79 Å². The fourth-order valence-electron chi connectivity index (χ4n) is 3.26. The van der Waals surface area contributed by atoms with Crippen molar-refractivity contribution >= 4 is 5.91 Å². The number of carbonyl (C=O) groups excluding carboxylic acids is 1. The second kappa shape index (κ2) is 7.19. The van der Waals surface area contributed by atoms with Crippen LogP contribution in [0.3, 0.4) is 0 Å². The van der Waals surface area contributed by atoms with E-state index in [0.29, 0.717) is 12.1 Å². The highest BCUT2D eigenvalue weighted by atomic mass is 16.5. The van der Waals surface area contributed by atoms with Gasteiger partial charge in [0.05, 0.1) is 18.4 Å². The first-order chi connectivity index (χ1) is 11.5. The Morgan fingerprint density at radius 1 is 1.29 bits per heavy atom. The molecule has 1 aliphatic heterocycles. The molecule has 2 atom stereocenters. The molecule has 1 N–H and O–H groups in total. The van der Waals surface area contributed by atoms with Crippen LogP contribution in [-0.2, 0) is 11.8 Å². The van der Waals surface area contributed by atoms with Gasteiger partial charge in [0.25, 0.3) is 5.91 Å². The highest BCUT2D eigenvalue weighted by molar-refractivity contribution is 5.97. The Hall–Kier alpha value is -2.12. The molecule has 1 saturated heterocycles. The number of aryl methyl sites for hydroxylation is 1. The Kier molecular flexibility index (Phi) is 5.01. The Balaban J connectivity index is 1.58. The third-order valence-electron chi connectivity index (χ3n) is 4.21. The van der Waals surface area contributed by atoms with Gasteiger partial charge in [-0.2, -0.15) is 5.10 Å². The topological polar surface area (TPSA) is 64.3 Å². The number of nitrogens with zero attached hydrogens (tertiary/aromatic N) is 4. The van der Waals surface area contributed by atoms with Crippen molar-refractivity contribution < 1.29 is 9.53 Å². The number of rotatable bonds is 5. The molecule has 130 valence electrons. The molecule has 1 aliphatic rings. The lowest BCUT2D eigenvalue weighted by Gasteiger charge is -2.35. The molecule has 3 rings (SSSR count). The number of aromatic nitrogens is 3. The lowest BCUT2D eigenvalue weighted by Crippen LogP contribution is -2.47. The minimum atomic E-state index is -0.0962. The van der Waals surface area contributed by atoms with Crippen LogP contribution in [-0.4, -0.2) is 63.5 Å². The molecule has 0 aromatic carbocycles. The molecular weight excluding hydrogens is 306 g/mol. The van der Waals surface area contributed by atoms with Crippen LogP contribution in [0.25, 0.3) is 5.82 Å². The van der Waals surface area contributed by atoms with Crippen LogP contribution >= 0.6 is 0 Å². The van der Waals surface area contributed by atoms with Gasteiger partial charge in [0.1, 0.15) is 11.4 Å². The van der Waals surface area contributed by atoms with Gasteiger partial charge in [0.15, 0.2) is 0 Å². The minimum Gasteiger partial charge on any atom is -0.373 e. The van der Waals surface area contributed by atoms with E-state index >= 15 is 0 Å². The molecule has 1 amide bonds. The lowest BCUT2D eigenvalue weighted by molar-refractivity contribution is -0.0672. The van der Waals surface area contributed by atoms with Gasteiger partial charge in [-0.25, -0.2) is 0 Å². The highest BCUT2D eigenvalue weighted by Crippen LogP contribution is 2.14. The van der Waals surface area contributed by atoms with Crippen LogP contribution in [0.5, 0.6) is 0 Å². The van der Waals surface area contributed by atoms with Gasteiger partial charge >= 0.3 is 0 Å². The largest absolute Gasteiger partial charge is 0.373 e. The number of carbonyl (C=O) groups is 1. The summed E-state index contributed by atoms with van der Waals surface area (Å²) in [5.74, 6) is 0.673. The summed E-state index contributed by atoms with van der Waals surface area (Å²) in [5, 5.41) is 7.22. The van der Waals surface area contributed by atoms with Crippen molar-refractivity contribution in [2.75, 3.05) is 26.2 Å². The molecule has 2 aromatic rings. The maximum Gasteiger partial charge on any atom is 0.256 e. The molecule has 0 saturated carbocycles. The van der Waals surface area contributed by atoms with Crippen molar-refractivity contribution in [2.24, 2.45) is 7.05 Å². The fourth-order valence-corrected chi connectivity index (χ4v) is 3.26. The summed E-state index contributed by atoms with van der Waals surface area (Å²) in [7, 11) is 1.84. The monoisotopic (exact) mass is 331 g/mol.